The molecule has 1 unspecified atom stereocenters. The van der Waals surface area contributed by atoms with Crippen molar-refractivity contribution in [2.45, 2.75) is 38.5 Å². The quantitative estimate of drug-likeness (QED) is 0.835. The third-order valence-corrected chi connectivity index (χ3v) is 5.66. The van der Waals surface area contributed by atoms with E-state index in [-0.39, 0.29) is 23.7 Å². The topological polar surface area (TPSA) is 66.4 Å². The molecule has 4 rings (SSSR count). The van der Waals surface area contributed by atoms with Crippen LogP contribution in [0.3, 0.4) is 0 Å². The van der Waals surface area contributed by atoms with Crippen LogP contribution in [0.15, 0.2) is 18.6 Å². The van der Waals surface area contributed by atoms with Crippen molar-refractivity contribution >= 4 is 11.8 Å². The van der Waals surface area contributed by atoms with Crippen molar-refractivity contribution in [1.29, 1.82) is 0 Å². The predicted octanol–water partition coefficient (Wildman–Crippen LogP) is 1.27. The number of carbonyl (C=O) groups excluding carboxylic acids is 2. The fourth-order valence-electron chi connectivity index (χ4n) is 4.09. The number of nitrogens with zero attached hydrogens (tertiary/aromatic N) is 4. The molecule has 0 radical (unpaired) electrons. The second kappa shape index (κ2) is 6.15. The molecule has 3 fully saturated rings. The first-order valence-corrected chi connectivity index (χ1v) is 8.98. The van der Waals surface area contributed by atoms with Crippen molar-refractivity contribution in [3.63, 3.8) is 0 Å². The molecule has 1 aromatic rings. The highest BCUT2D eigenvalue weighted by Gasteiger charge is 2.49. The van der Waals surface area contributed by atoms with Gasteiger partial charge < -0.3 is 9.80 Å². The second-order valence-corrected chi connectivity index (χ2v) is 7.52. The Bertz CT molecular complexity index is 631. The van der Waals surface area contributed by atoms with Crippen LogP contribution >= 0.6 is 0 Å². The molecule has 1 spiro atoms. The van der Waals surface area contributed by atoms with Crippen LogP contribution in [-0.2, 0) is 16.0 Å². The van der Waals surface area contributed by atoms with E-state index in [2.05, 4.69) is 14.9 Å². The summed E-state index contributed by atoms with van der Waals surface area (Å²) < 4.78 is 0. The summed E-state index contributed by atoms with van der Waals surface area (Å²) in [5.74, 6) is 1.06. The fourth-order valence-corrected chi connectivity index (χ4v) is 4.09. The zero-order valence-electron chi connectivity index (χ0n) is 14.0. The molecule has 1 atom stereocenters. The van der Waals surface area contributed by atoms with Gasteiger partial charge in [-0.25, -0.2) is 0 Å². The van der Waals surface area contributed by atoms with Crippen molar-refractivity contribution < 1.29 is 9.59 Å². The molecule has 0 aromatic carbocycles. The molecule has 0 N–H and O–H groups in total. The van der Waals surface area contributed by atoms with E-state index in [0.717, 1.165) is 38.3 Å². The lowest BCUT2D eigenvalue weighted by molar-refractivity contribution is -0.146. The van der Waals surface area contributed by atoms with Crippen LogP contribution in [0.25, 0.3) is 0 Å². The highest BCUT2D eigenvalue weighted by atomic mass is 16.2. The van der Waals surface area contributed by atoms with Gasteiger partial charge in [-0.2, -0.15) is 0 Å². The highest BCUT2D eigenvalue weighted by molar-refractivity contribution is 5.86. The number of likely N-dealkylation sites (tertiary alicyclic amines) is 2. The maximum absolute atomic E-state index is 13.0. The van der Waals surface area contributed by atoms with Crippen molar-refractivity contribution in [3.8, 4) is 0 Å². The van der Waals surface area contributed by atoms with E-state index in [0.29, 0.717) is 18.8 Å². The van der Waals surface area contributed by atoms with Gasteiger partial charge in [0.15, 0.2) is 0 Å². The largest absolute Gasteiger partial charge is 0.342 e. The number of amides is 2. The fraction of sp³-hybridized carbons (Fsp3) is 0.667. The minimum absolute atomic E-state index is 0.0551. The van der Waals surface area contributed by atoms with Gasteiger partial charge in [-0.3, -0.25) is 19.6 Å². The Morgan fingerprint density at radius 1 is 1.25 bits per heavy atom. The van der Waals surface area contributed by atoms with Crippen molar-refractivity contribution in [1.82, 2.24) is 19.8 Å². The Balaban J connectivity index is 1.40. The molecular formula is C18H24N4O2. The van der Waals surface area contributed by atoms with E-state index in [1.807, 2.05) is 4.90 Å². The van der Waals surface area contributed by atoms with Crippen LogP contribution in [-0.4, -0.2) is 57.8 Å². The Kier molecular flexibility index (Phi) is 3.98. The summed E-state index contributed by atoms with van der Waals surface area (Å²) in [6.07, 6.45) is 10.4. The first-order chi connectivity index (χ1) is 11.7. The lowest BCUT2D eigenvalue weighted by Gasteiger charge is -2.39. The molecular weight excluding hydrogens is 304 g/mol. The lowest BCUT2D eigenvalue weighted by Crippen LogP contribution is -2.51. The van der Waals surface area contributed by atoms with Gasteiger partial charge >= 0.3 is 0 Å². The third-order valence-electron chi connectivity index (χ3n) is 5.66. The van der Waals surface area contributed by atoms with Gasteiger partial charge in [0.1, 0.15) is 0 Å². The van der Waals surface area contributed by atoms with Gasteiger partial charge in [-0.15, -0.1) is 0 Å². The Morgan fingerprint density at radius 2 is 2.12 bits per heavy atom. The van der Waals surface area contributed by atoms with Crippen LogP contribution in [0.2, 0.25) is 0 Å². The smallest absolute Gasteiger partial charge is 0.230 e. The first kappa shape index (κ1) is 15.5. The molecule has 2 saturated heterocycles. The summed E-state index contributed by atoms with van der Waals surface area (Å²) >= 11 is 0. The molecule has 0 bridgehead atoms. The molecule has 24 heavy (non-hydrogen) atoms. The number of aromatic nitrogens is 2. The molecule has 1 aromatic heterocycles. The van der Waals surface area contributed by atoms with Crippen LogP contribution < -0.4 is 0 Å². The summed E-state index contributed by atoms with van der Waals surface area (Å²) in [7, 11) is 0. The molecule has 1 saturated carbocycles. The average Bonchev–Trinajstić information content (AvgIpc) is 3.30. The molecule has 3 aliphatic rings. The summed E-state index contributed by atoms with van der Waals surface area (Å²) in [6.45, 7) is 3.08. The summed E-state index contributed by atoms with van der Waals surface area (Å²) in [5, 5.41) is 0. The summed E-state index contributed by atoms with van der Waals surface area (Å²) in [6, 6.07) is 0. The lowest BCUT2D eigenvalue weighted by atomic mass is 9.78. The van der Waals surface area contributed by atoms with Gasteiger partial charge in [-0.05, 0) is 38.0 Å². The maximum Gasteiger partial charge on any atom is 0.230 e. The molecule has 3 heterocycles. The molecule has 6 nitrogen and oxygen atoms in total. The van der Waals surface area contributed by atoms with Crippen LogP contribution in [0.1, 0.15) is 37.8 Å². The van der Waals surface area contributed by atoms with E-state index in [1.54, 1.807) is 18.6 Å². The van der Waals surface area contributed by atoms with Crippen LogP contribution in [0, 0.1) is 11.3 Å². The van der Waals surface area contributed by atoms with Crippen LogP contribution in [0.5, 0.6) is 0 Å². The first-order valence-electron chi connectivity index (χ1n) is 8.98. The number of hydrogen-bond donors (Lipinski definition) is 0. The van der Waals surface area contributed by atoms with Gasteiger partial charge in [0.05, 0.1) is 17.5 Å². The monoisotopic (exact) mass is 328 g/mol. The molecule has 128 valence electrons. The van der Waals surface area contributed by atoms with Crippen LogP contribution in [0.4, 0.5) is 0 Å². The average molecular weight is 328 g/mol. The van der Waals surface area contributed by atoms with E-state index in [9.17, 15) is 9.59 Å². The summed E-state index contributed by atoms with van der Waals surface area (Å²) in [4.78, 5) is 37.7. The maximum atomic E-state index is 13.0. The number of rotatable bonds is 4. The molecule has 2 aliphatic heterocycles. The highest BCUT2D eigenvalue weighted by Crippen LogP contribution is 2.41. The molecule has 2 amide bonds. The van der Waals surface area contributed by atoms with Gasteiger partial charge in [0.2, 0.25) is 11.8 Å². The minimum atomic E-state index is -0.328. The van der Waals surface area contributed by atoms with E-state index in [1.165, 1.54) is 12.8 Å². The number of carbonyl (C=O) groups is 2. The zero-order chi connectivity index (χ0) is 16.6. The van der Waals surface area contributed by atoms with E-state index < -0.39 is 0 Å². The van der Waals surface area contributed by atoms with E-state index >= 15 is 0 Å². The van der Waals surface area contributed by atoms with Crippen molar-refractivity contribution in [3.05, 3.63) is 24.3 Å². The molecule has 6 heteroatoms. The van der Waals surface area contributed by atoms with Gasteiger partial charge in [0, 0.05) is 44.8 Å². The molecule has 1 aliphatic carbocycles. The Hall–Kier alpha value is -1.98. The SMILES string of the molecule is O=C(Cc1cnccn1)N1CCC2(CCCN(CC3CC3)C2=O)C1. The standard InChI is InChI=1S/C18H24N4O2/c23-16(10-15-11-19-6-7-20-15)22-9-5-18(13-22)4-1-8-21(17(18)24)12-14-2-3-14/h6-7,11,14H,1-5,8-10,12-13H2. The van der Waals surface area contributed by atoms with E-state index in [4.69, 9.17) is 0 Å². The zero-order valence-corrected chi connectivity index (χ0v) is 14.0. The second-order valence-electron chi connectivity index (χ2n) is 7.52. The summed E-state index contributed by atoms with van der Waals surface area (Å²) in [5.41, 5.74) is 0.360. The third kappa shape index (κ3) is 3.01. The van der Waals surface area contributed by atoms with Gasteiger partial charge in [-0.1, -0.05) is 0 Å². The normalized spacial score (nSPS) is 27.1. The number of piperidine rings is 1. The minimum Gasteiger partial charge on any atom is -0.342 e. The number of hydrogen-bond acceptors (Lipinski definition) is 4. The van der Waals surface area contributed by atoms with Crippen molar-refractivity contribution in [2.75, 3.05) is 26.2 Å². The Morgan fingerprint density at radius 3 is 2.88 bits per heavy atom. The van der Waals surface area contributed by atoms with Gasteiger partial charge in [0.25, 0.3) is 0 Å². The Labute approximate surface area is 142 Å². The predicted molar refractivity (Wildman–Crippen MR) is 87.9 cm³/mol. The van der Waals surface area contributed by atoms with Crippen molar-refractivity contribution in [2.24, 2.45) is 11.3 Å².